The maximum absolute atomic E-state index is 6.73. The Hall–Kier alpha value is -3.45. The van der Waals surface area contributed by atoms with Crippen LogP contribution in [0, 0.1) is 48.2 Å². The third-order valence-electron chi connectivity index (χ3n) is 15.3. The number of halogens is 2. The first-order valence-electron chi connectivity index (χ1n) is 26.1. The molecule has 3 aliphatic carbocycles. The van der Waals surface area contributed by atoms with Crippen molar-refractivity contribution in [2.75, 3.05) is 9.80 Å². The van der Waals surface area contributed by atoms with E-state index in [2.05, 4.69) is 157 Å². The van der Waals surface area contributed by atoms with Gasteiger partial charge in [0.15, 0.2) is 0 Å². The zero-order valence-corrected chi connectivity index (χ0v) is 47.1. The van der Waals surface area contributed by atoms with Crippen molar-refractivity contribution >= 4 is 69.4 Å². The van der Waals surface area contributed by atoms with E-state index in [0.717, 1.165) is 11.1 Å². The van der Waals surface area contributed by atoms with Gasteiger partial charge in [-0.3, -0.25) is 0 Å². The molecule has 1 heterocycles. The summed E-state index contributed by atoms with van der Waals surface area (Å²) in [6.45, 7) is 19.8. The van der Waals surface area contributed by atoms with Gasteiger partial charge < -0.3 is 9.80 Å². The van der Waals surface area contributed by atoms with Crippen molar-refractivity contribution in [2.24, 2.45) is 0 Å². The number of rotatable bonds is 7. The molecule has 10 rings (SSSR count). The molecule has 3 saturated carbocycles. The van der Waals surface area contributed by atoms with Crippen LogP contribution in [0.5, 0.6) is 0 Å². The number of hydrogen-bond acceptors (Lipinski definition) is 2. The summed E-state index contributed by atoms with van der Waals surface area (Å²) in [5.74, 6) is 0. The van der Waals surface area contributed by atoms with Crippen LogP contribution in [0.3, 0.4) is 0 Å². The third kappa shape index (κ3) is 13.2. The molecule has 0 aromatic heterocycles. The van der Waals surface area contributed by atoms with Crippen LogP contribution in [-0.2, 0) is 11.9 Å². The van der Waals surface area contributed by atoms with Crippen LogP contribution < -0.4 is 9.80 Å². The van der Waals surface area contributed by atoms with Gasteiger partial charge in [-0.1, -0.05) is 101 Å². The summed E-state index contributed by atoms with van der Waals surface area (Å²) in [4.78, 5) is 4.69. The molecule has 0 bridgehead atoms. The Morgan fingerprint density at radius 2 is 0.754 bits per heavy atom. The van der Waals surface area contributed by atoms with Crippen molar-refractivity contribution in [3.05, 3.63) is 172 Å². The van der Waals surface area contributed by atoms with E-state index in [0.29, 0.717) is 7.92 Å². The molecule has 0 N–H and O–H groups in total. The number of benzene rings is 6. The van der Waals surface area contributed by atoms with E-state index in [-0.39, 0.29) is 0 Å². The second-order valence-electron chi connectivity index (χ2n) is 20.7. The van der Waals surface area contributed by atoms with Gasteiger partial charge >= 0.3 is 158 Å². The Bertz CT molecular complexity index is 2630. The van der Waals surface area contributed by atoms with Crippen molar-refractivity contribution < 1.29 is 11.9 Å². The number of anilines is 2. The van der Waals surface area contributed by atoms with Crippen LogP contribution in [0.15, 0.2) is 121 Å². The average Bonchev–Trinajstić information content (AvgIpc) is 3.61. The van der Waals surface area contributed by atoms with Gasteiger partial charge in [0.25, 0.3) is 0 Å². The second-order valence-corrected chi connectivity index (χ2v) is 33.2. The minimum atomic E-state index is -3.02. The third-order valence-corrected chi connectivity index (χ3v) is 23.7. The van der Waals surface area contributed by atoms with Crippen LogP contribution >= 0.6 is 27.3 Å². The molecule has 6 heteroatoms. The Kier molecular flexibility index (Phi) is 17.9. The number of fused-ring (bicyclic) bond motifs is 2. The molecule has 4 aliphatic rings. The molecule has 3 fully saturated rings. The minimum absolute atomic E-state index is 0.385. The standard InChI is InChI=1S/C23H29N2.C18H33P.2C11H8.2ClH.Ru/c1-14-9-16(3)22(17(4)10-14)24-13-25(21(8)20(24)7)23-18(5)11-15(2)12-19(23)6;1-4-10-16(11-5-1)19(17-12-6-2-7-13-17)18-14-8-3-9-15-18;2*1-9-6-7-10-4-2-3-5-11(10)8-9;;;/h9-13H,1-8H3;16-18H,1-15H2;2*1-8H;2*1H;/q-1;;;;;;+2/p-2. The average molecular weight is 1070 g/mol. The summed E-state index contributed by atoms with van der Waals surface area (Å²) < 4.78 is 4.09. The van der Waals surface area contributed by atoms with E-state index in [1.165, 1.54) is 114 Å². The monoisotopic (exact) mass is 1070 g/mol. The molecular weight excluding hydrogens is 988 g/mol. The van der Waals surface area contributed by atoms with Gasteiger partial charge in [0.1, 0.15) is 0 Å². The molecule has 368 valence electrons. The van der Waals surface area contributed by atoms with E-state index in [1.54, 1.807) is 77.0 Å². The molecule has 0 radical (unpaired) electrons. The first-order chi connectivity index (χ1) is 33.2. The van der Waals surface area contributed by atoms with E-state index in [1.807, 2.05) is 33.5 Å². The fraction of sp³-hybridized carbons (Fsp3) is 0.413. The fourth-order valence-electron chi connectivity index (χ4n) is 12.1. The first-order valence-corrected chi connectivity index (χ1v) is 34.1. The number of allylic oxidation sites excluding steroid dienone is 2. The molecular formula is C63H78Cl2N2PRu-. The van der Waals surface area contributed by atoms with Crippen LogP contribution in [-0.4, -0.2) is 26.2 Å². The van der Waals surface area contributed by atoms with Gasteiger partial charge in [0.2, 0.25) is 0 Å². The summed E-state index contributed by atoms with van der Waals surface area (Å²) in [6.07, 6.45) is 23.6. The zero-order chi connectivity index (χ0) is 48.7. The van der Waals surface area contributed by atoms with Crippen molar-refractivity contribution in [3.8, 4) is 0 Å². The molecule has 0 amide bonds. The van der Waals surface area contributed by atoms with Crippen LogP contribution in [0.25, 0.3) is 21.5 Å². The molecule has 6 aromatic carbocycles. The van der Waals surface area contributed by atoms with Gasteiger partial charge in [0, 0.05) is 22.8 Å². The second kappa shape index (κ2) is 23.9. The first kappa shape index (κ1) is 51.9. The predicted octanol–water partition coefficient (Wildman–Crippen LogP) is 19.2. The fourth-order valence-corrected chi connectivity index (χ4v) is 21.2. The summed E-state index contributed by atoms with van der Waals surface area (Å²) in [7, 11) is 13.8. The molecule has 6 aromatic rings. The SMILES string of the molecule is C1CCC(P(C2CCCCC2)C2CCCCC2)CC1.CC1=C(C)N(c2c(C)cc(C)cc2C)[CH-]N1c1c(C)cc(C)cc1C.[Cl][Ru]([Cl])(=[CH]c1ccc2ccccc2c1)=[CH]c1ccc2ccccc2c1. The quantitative estimate of drug-likeness (QED) is 0.0893. The summed E-state index contributed by atoms with van der Waals surface area (Å²) >= 11 is -3.02. The van der Waals surface area contributed by atoms with Gasteiger partial charge in [-0.15, -0.1) is 6.67 Å². The van der Waals surface area contributed by atoms with Crippen molar-refractivity contribution in [3.63, 3.8) is 0 Å². The van der Waals surface area contributed by atoms with Gasteiger partial charge in [-0.2, -0.15) is 0 Å². The van der Waals surface area contributed by atoms with Crippen LogP contribution in [0.1, 0.15) is 155 Å². The molecule has 0 atom stereocenters. The van der Waals surface area contributed by atoms with E-state index >= 15 is 0 Å². The van der Waals surface area contributed by atoms with Crippen LogP contribution in [0.4, 0.5) is 11.4 Å². The molecule has 1 aliphatic heterocycles. The molecule has 0 spiro atoms. The Morgan fingerprint density at radius 3 is 1.09 bits per heavy atom. The van der Waals surface area contributed by atoms with Crippen molar-refractivity contribution in [1.82, 2.24) is 0 Å². The maximum atomic E-state index is 6.73. The van der Waals surface area contributed by atoms with Crippen molar-refractivity contribution in [2.45, 2.75) is 169 Å². The van der Waals surface area contributed by atoms with Gasteiger partial charge in [-0.05, 0) is 133 Å². The number of nitrogens with zero attached hydrogens (tertiary/aromatic N) is 2. The summed E-state index contributed by atoms with van der Waals surface area (Å²) in [5.41, 5.74) is 18.8. The van der Waals surface area contributed by atoms with E-state index in [4.69, 9.17) is 19.4 Å². The molecule has 2 nitrogen and oxygen atoms in total. The topological polar surface area (TPSA) is 6.48 Å². The van der Waals surface area contributed by atoms with E-state index < -0.39 is 11.9 Å². The number of aryl methyl sites for hydroxylation is 6. The molecule has 0 unspecified atom stereocenters. The Balaban J connectivity index is 0.000000141. The predicted molar refractivity (Wildman–Crippen MR) is 306 cm³/mol. The van der Waals surface area contributed by atoms with Crippen molar-refractivity contribution in [1.29, 1.82) is 0 Å². The van der Waals surface area contributed by atoms with Gasteiger partial charge in [-0.25, -0.2) is 0 Å². The number of hydrogen-bond donors (Lipinski definition) is 0. The van der Waals surface area contributed by atoms with Gasteiger partial charge in [0.05, 0.1) is 0 Å². The Morgan fingerprint density at radius 1 is 0.435 bits per heavy atom. The summed E-state index contributed by atoms with van der Waals surface area (Å²) in [5, 5.41) is 4.84. The normalized spacial score (nSPS) is 17.7. The zero-order valence-electron chi connectivity index (χ0n) is 42.9. The van der Waals surface area contributed by atoms with Crippen LogP contribution in [0.2, 0.25) is 0 Å². The Labute approximate surface area is 428 Å². The van der Waals surface area contributed by atoms with E-state index in [9.17, 15) is 0 Å². The molecule has 69 heavy (non-hydrogen) atoms. The molecule has 0 saturated heterocycles. The summed E-state index contributed by atoms with van der Waals surface area (Å²) in [6, 6.07) is 38.3.